The topological polar surface area (TPSA) is 6.48 Å². The maximum atomic E-state index is 2.51. The van der Waals surface area contributed by atoms with Gasteiger partial charge in [-0.05, 0) is 111 Å². The van der Waals surface area contributed by atoms with E-state index >= 15 is 0 Å². The molecule has 2 aliphatic rings. The summed E-state index contributed by atoms with van der Waals surface area (Å²) in [5.41, 5.74) is 15.5. The van der Waals surface area contributed by atoms with Crippen LogP contribution in [0, 0.1) is 0 Å². The van der Waals surface area contributed by atoms with Crippen LogP contribution in [-0.4, -0.2) is 0 Å². The van der Waals surface area contributed by atoms with Gasteiger partial charge < -0.3 is 9.80 Å². The van der Waals surface area contributed by atoms with Crippen LogP contribution in [0.1, 0.15) is 21.6 Å². The molecule has 10 aromatic carbocycles. The van der Waals surface area contributed by atoms with Gasteiger partial charge in [0.2, 0.25) is 0 Å². The number of fused-ring (bicyclic) bond motifs is 14. The molecule has 13 rings (SSSR count). The average Bonchev–Trinajstić information content (AvgIpc) is 3.96. The van der Waals surface area contributed by atoms with E-state index in [2.05, 4.69) is 240 Å². The van der Waals surface area contributed by atoms with Gasteiger partial charge in [-0.25, -0.2) is 0 Å². The molecule has 290 valence electrons. The molecule has 0 aliphatic heterocycles. The fraction of sp³-hybridized carbons (Fsp3) is 0.0169. The number of nitrogens with zero attached hydrogens (tertiary/aromatic N) is 2. The molecule has 0 bridgehead atoms. The minimum absolute atomic E-state index is 0.521. The lowest BCUT2D eigenvalue weighted by atomic mass is 9.73. The minimum atomic E-state index is -0.521. The highest BCUT2D eigenvalue weighted by atomic mass is 32.1. The lowest BCUT2D eigenvalue weighted by Gasteiger charge is -2.32. The van der Waals surface area contributed by atoms with E-state index < -0.39 is 5.41 Å². The molecule has 1 aromatic heterocycles. The van der Waals surface area contributed by atoms with E-state index in [0.29, 0.717) is 0 Å². The van der Waals surface area contributed by atoms with Crippen molar-refractivity contribution in [3.63, 3.8) is 0 Å². The summed E-state index contributed by atoms with van der Waals surface area (Å²) in [7, 11) is 0. The number of hydrogen-bond donors (Lipinski definition) is 0. The Kier molecular flexibility index (Phi) is 7.72. The SMILES string of the molecule is c1ccc(N(c2ccc3c(c2)-c2ccccc2C32c3cc(N(c4ccccc4)c4cccc5ccccc45)ccc3-c3c2sc2ccccc32)c2cccc3ccccc23)cc1. The number of thiophene rings is 1. The second kappa shape index (κ2) is 13.7. The monoisotopic (exact) mass is 806 g/mol. The zero-order valence-electron chi connectivity index (χ0n) is 33.7. The first-order valence-corrected chi connectivity index (χ1v) is 22.2. The molecule has 0 saturated heterocycles. The van der Waals surface area contributed by atoms with Crippen molar-refractivity contribution >= 4 is 77.1 Å². The molecule has 0 saturated carbocycles. The number of benzene rings is 10. The zero-order chi connectivity index (χ0) is 40.8. The van der Waals surface area contributed by atoms with E-state index in [9.17, 15) is 0 Å². The summed E-state index contributed by atoms with van der Waals surface area (Å²) in [6, 6.07) is 85.1. The van der Waals surface area contributed by atoms with Crippen molar-refractivity contribution in [3.8, 4) is 22.3 Å². The highest BCUT2D eigenvalue weighted by Gasteiger charge is 2.53. The van der Waals surface area contributed by atoms with Crippen molar-refractivity contribution in [3.05, 3.63) is 252 Å². The molecule has 2 nitrogen and oxygen atoms in total. The first-order valence-electron chi connectivity index (χ1n) is 21.3. The molecule has 1 unspecified atom stereocenters. The number of hydrogen-bond acceptors (Lipinski definition) is 3. The van der Waals surface area contributed by atoms with E-state index in [4.69, 9.17) is 0 Å². The van der Waals surface area contributed by atoms with Crippen LogP contribution in [0.15, 0.2) is 231 Å². The molecule has 1 spiro atoms. The van der Waals surface area contributed by atoms with Gasteiger partial charge in [0.15, 0.2) is 0 Å². The third-order valence-electron chi connectivity index (χ3n) is 13.2. The Hall–Kier alpha value is -7.72. The van der Waals surface area contributed by atoms with Crippen LogP contribution in [0.3, 0.4) is 0 Å². The Bertz CT molecular complexity index is 3540. The van der Waals surface area contributed by atoms with E-state index in [1.165, 1.54) is 75.5 Å². The van der Waals surface area contributed by atoms with Gasteiger partial charge in [0.1, 0.15) is 0 Å². The fourth-order valence-electron chi connectivity index (χ4n) is 10.7. The second-order valence-corrected chi connectivity index (χ2v) is 17.4. The van der Waals surface area contributed by atoms with Gasteiger partial charge >= 0.3 is 0 Å². The van der Waals surface area contributed by atoms with Gasteiger partial charge in [-0.1, -0.05) is 164 Å². The molecular weight excluding hydrogens is 769 g/mol. The van der Waals surface area contributed by atoms with Crippen molar-refractivity contribution in [2.24, 2.45) is 0 Å². The summed E-state index contributed by atoms with van der Waals surface area (Å²) in [5, 5.41) is 6.20. The summed E-state index contributed by atoms with van der Waals surface area (Å²) < 4.78 is 1.32. The van der Waals surface area contributed by atoms with Crippen molar-refractivity contribution in [1.82, 2.24) is 0 Å². The van der Waals surface area contributed by atoms with Gasteiger partial charge in [-0.2, -0.15) is 0 Å². The van der Waals surface area contributed by atoms with E-state index in [1.807, 2.05) is 11.3 Å². The quantitative estimate of drug-likeness (QED) is 0.165. The summed E-state index contributed by atoms with van der Waals surface area (Å²) >= 11 is 1.96. The van der Waals surface area contributed by atoms with Gasteiger partial charge in [-0.15, -0.1) is 11.3 Å². The largest absolute Gasteiger partial charge is 0.310 e. The predicted molar refractivity (Wildman–Crippen MR) is 263 cm³/mol. The summed E-state index contributed by atoms with van der Waals surface area (Å²) in [6.45, 7) is 0. The minimum Gasteiger partial charge on any atom is -0.310 e. The van der Waals surface area contributed by atoms with Crippen LogP contribution >= 0.6 is 11.3 Å². The maximum absolute atomic E-state index is 2.51. The lowest BCUT2D eigenvalue weighted by Crippen LogP contribution is -2.25. The highest BCUT2D eigenvalue weighted by Crippen LogP contribution is 2.67. The van der Waals surface area contributed by atoms with Crippen molar-refractivity contribution in [2.45, 2.75) is 5.41 Å². The number of para-hydroxylation sites is 2. The van der Waals surface area contributed by atoms with Crippen LogP contribution in [0.4, 0.5) is 34.1 Å². The molecule has 3 heteroatoms. The van der Waals surface area contributed by atoms with Gasteiger partial charge in [0.05, 0.1) is 16.8 Å². The number of rotatable bonds is 6. The van der Waals surface area contributed by atoms with E-state index in [1.54, 1.807) is 0 Å². The third kappa shape index (κ3) is 4.97. The zero-order valence-corrected chi connectivity index (χ0v) is 34.6. The van der Waals surface area contributed by atoms with Crippen LogP contribution in [0.5, 0.6) is 0 Å². The molecule has 11 aromatic rings. The second-order valence-electron chi connectivity index (χ2n) is 16.4. The molecule has 2 aliphatic carbocycles. The molecular formula is C59H38N2S. The van der Waals surface area contributed by atoms with Gasteiger partial charge in [-0.3, -0.25) is 0 Å². The van der Waals surface area contributed by atoms with Gasteiger partial charge in [0.25, 0.3) is 0 Å². The standard InChI is InChI=1S/C59H38N2S/c1-3-21-41(22-4-1)60(54-30-15-19-39-17-7-9-25-45(39)54)43-34-36-52-50(37-43)47-27-11-13-29-51(47)59(52)53-38-44(33-35-48(53)57-49-28-12-14-32-56(49)62-58(57)59)61(42-23-5-2-6-24-42)55-31-16-20-40-18-8-10-26-46(40)55/h1-38H. The molecule has 1 heterocycles. The smallest absolute Gasteiger partial charge is 0.0820 e. The van der Waals surface area contributed by atoms with Gasteiger partial charge in [0, 0.05) is 54.0 Å². The number of anilines is 6. The normalized spacial score (nSPS) is 14.5. The van der Waals surface area contributed by atoms with Crippen molar-refractivity contribution in [1.29, 1.82) is 0 Å². The molecule has 1 atom stereocenters. The first kappa shape index (κ1) is 35.1. The molecule has 0 N–H and O–H groups in total. The Morgan fingerprint density at radius 3 is 1.52 bits per heavy atom. The molecule has 0 amide bonds. The van der Waals surface area contributed by atoms with E-state index in [0.717, 1.165) is 34.1 Å². The Balaban J connectivity index is 1.09. The Morgan fingerprint density at radius 2 is 0.839 bits per heavy atom. The molecule has 62 heavy (non-hydrogen) atoms. The summed E-state index contributed by atoms with van der Waals surface area (Å²) in [6.07, 6.45) is 0. The maximum Gasteiger partial charge on any atom is 0.0820 e. The van der Waals surface area contributed by atoms with Crippen molar-refractivity contribution in [2.75, 3.05) is 9.80 Å². The first-order chi connectivity index (χ1) is 30.8. The Labute approximate surface area is 364 Å². The Morgan fingerprint density at radius 1 is 0.323 bits per heavy atom. The fourth-order valence-corrected chi connectivity index (χ4v) is 12.1. The predicted octanol–water partition coefficient (Wildman–Crippen LogP) is 16.5. The van der Waals surface area contributed by atoms with Crippen LogP contribution in [0.25, 0.3) is 53.9 Å². The molecule has 0 fully saturated rings. The lowest BCUT2D eigenvalue weighted by molar-refractivity contribution is 0.811. The van der Waals surface area contributed by atoms with Crippen LogP contribution < -0.4 is 9.80 Å². The van der Waals surface area contributed by atoms with Crippen LogP contribution in [-0.2, 0) is 5.41 Å². The van der Waals surface area contributed by atoms with Crippen LogP contribution in [0.2, 0.25) is 0 Å². The average molecular weight is 807 g/mol. The third-order valence-corrected chi connectivity index (χ3v) is 14.5. The highest BCUT2D eigenvalue weighted by molar-refractivity contribution is 7.20. The molecule has 0 radical (unpaired) electrons. The summed E-state index contributed by atoms with van der Waals surface area (Å²) in [5.74, 6) is 0. The van der Waals surface area contributed by atoms with E-state index in [-0.39, 0.29) is 0 Å². The summed E-state index contributed by atoms with van der Waals surface area (Å²) in [4.78, 5) is 6.28. The van der Waals surface area contributed by atoms with Crippen molar-refractivity contribution < 1.29 is 0 Å².